The Kier molecular flexibility index (Phi) is 4.85. The third kappa shape index (κ3) is 3.89. The van der Waals surface area contributed by atoms with Gasteiger partial charge in [0.25, 0.3) is 0 Å². The lowest BCUT2D eigenvalue weighted by Crippen LogP contribution is -2.41. The van der Waals surface area contributed by atoms with Crippen LogP contribution in [0.5, 0.6) is 0 Å². The van der Waals surface area contributed by atoms with E-state index in [1.165, 1.54) is 0 Å². The Labute approximate surface area is 139 Å². The standard InChI is InChI=1S/C14H18BF3N2O2S/c1-12(2)13(3,4)22-15(21-12)10(8-23)5-9-6-19-11(20-7-9)14(16,17)18/h5-7,23H,8H2,1-4H3. The highest BCUT2D eigenvalue weighted by atomic mass is 32.1. The van der Waals surface area contributed by atoms with Gasteiger partial charge in [-0.3, -0.25) is 0 Å². The zero-order valence-electron chi connectivity index (χ0n) is 13.3. The molecule has 126 valence electrons. The second kappa shape index (κ2) is 6.10. The van der Waals surface area contributed by atoms with Crippen LogP contribution in [0.1, 0.15) is 39.1 Å². The summed E-state index contributed by atoms with van der Waals surface area (Å²) in [6, 6.07) is 0. The first kappa shape index (κ1) is 18.3. The second-order valence-corrected chi connectivity index (χ2v) is 6.62. The Morgan fingerprint density at radius 3 is 2.04 bits per heavy atom. The van der Waals surface area contributed by atoms with Gasteiger partial charge in [-0.05, 0) is 33.2 Å². The highest BCUT2D eigenvalue weighted by Gasteiger charge is 2.52. The molecular weight excluding hydrogens is 328 g/mol. The average molecular weight is 346 g/mol. The van der Waals surface area contributed by atoms with Crippen molar-refractivity contribution in [2.75, 3.05) is 5.75 Å². The molecule has 1 fully saturated rings. The SMILES string of the molecule is CC1(C)OB(C(=Cc2cnc(C(F)(F)F)nc2)CS)OC1(C)C. The normalized spacial score (nSPS) is 20.9. The number of halogens is 3. The monoisotopic (exact) mass is 346 g/mol. The van der Waals surface area contributed by atoms with E-state index in [0.717, 1.165) is 12.4 Å². The minimum absolute atomic E-state index is 0.331. The van der Waals surface area contributed by atoms with Gasteiger partial charge in [0.1, 0.15) is 0 Å². The number of thiol groups is 1. The lowest BCUT2D eigenvalue weighted by molar-refractivity contribution is -0.145. The van der Waals surface area contributed by atoms with Crippen LogP contribution in [0.15, 0.2) is 17.9 Å². The quantitative estimate of drug-likeness (QED) is 0.673. The van der Waals surface area contributed by atoms with Crippen molar-refractivity contribution in [2.45, 2.75) is 45.1 Å². The lowest BCUT2D eigenvalue weighted by atomic mass is 9.78. The topological polar surface area (TPSA) is 44.2 Å². The van der Waals surface area contributed by atoms with Crippen molar-refractivity contribution in [3.05, 3.63) is 29.3 Å². The van der Waals surface area contributed by atoms with Gasteiger partial charge in [0.05, 0.1) is 11.2 Å². The van der Waals surface area contributed by atoms with Crippen molar-refractivity contribution in [3.63, 3.8) is 0 Å². The molecule has 2 rings (SSSR count). The Hall–Kier alpha value is -1.06. The molecule has 0 saturated carbocycles. The summed E-state index contributed by atoms with van der Waals surface area (Å²) in [4.78, 5) is 6.67. The van der Waals surface area contributed by atoms with Crippen LogP contribution in [0.4, 0.5) is 13.2 Å². The van der Waals surface area contributed by atoms with Crippen LogP contribution in [0, 0.1) is 0 Å². The van der Waals surface area contributed by atoms with Crippen molar-refractivity contribution < 1.29 is 22.5 Å². The van der Waals surface area contributed by atoms with Crippen LogP contribution in [0.3, 0.4) is 0 Å². The summed E-state index contributed by atoms with van der Waals surface area (Å²) in [6.07, 6.45) is -0.690. The van der Waals surface area contributed by atoms with E-state index >= 15 is 0 Å². The molecule has 1 aromatic rings. The zero-order chi connectivity index (χ0) is 17.5. The summed E-state index contributed by atoms with van der Waals surface area (Å²) in [5.74, 6) is -0.838. The zero-order valence-corrected chi connectivity index (χ0v) is 14.2. The molecule has 0 atom stereocenters. The number of alkyl halides is 3. The summed E-state index contributed by atoms with van der Waals surface area (Å²) in [7, 11) is -0.611. The van der Waals surface area contributed by atoms with E-state index in [4.69, 9.17) is 9.31 Å². The van der Waals surface area contributed by atoms with Crippen molar-refractivity contribution in [2.24, 2.45) is 0 Å². The van der Waals surface area contributed by atoms with E-state index < -0.39 is 30.3 Å². The summed E-state index contributed by atoms with van der Waals surface area (Å²) >= 11 is 4.25. The minimum atomic E-state index is -4.56. The second-order valence-electron chi connectivity index (χ2n) is 6.30. The molecule has 1 aromatic heterocycles. The maximum Gasteiger partial charge on any atom is 0.491 e. The predicted octanol–water partition coefficient (Wildman–Crippen LogP) is 3.44. The van der Waals surface area contributed by atoms with Crippen molar-refractivity contribution in [3.8, 4) is 0 Å². The molecule has 23 heavy (non-hydrogen) atoms. The lowest BCUT2D eigenvalue weighted by Gasteiger charge is -2.32. The fraction of sp³-hybridized carbons (Fsp3) is 0.571. The summed E-state index contributed by atoms with van der Waals surface area (Å²) < 4.78 is 49.2. The fourth-order valence-corrected chi connectivity index (χ4v) is 2.20. The molecule has 1 aliphatic rings. The van der Waals surface area contributed by atoms with E-state index in [0.29, 0.717) is 16.8 Å². The number of rotatable bonds is 3. The van der Waals surface area contributed by atoms with Crippen molar-refractivity contribution >= 4 is 25.8 Å². The van der Waals surface area contributed by atoms with Gasteiger partial charge < -0.3 is 9.31 Å². The van der Waals surface area contributed by atoms with E-state index in [2.05, 4.69) is 22.6 Å². The summed E-state index contributed by atoms with van der Waals surface area (Å²) in [6.45, 7) is 7.68. The maximum atomic E-state index is 12.5. The van der Waals surface area contributed by atoms with Crippen LogP contribution < -0.4 is 0 Å². The summed E-state index contributed by atoms with van der Waals surface area (Å²) in [5, 5.41) is 0. The van der Waals surface area contributed by atoms with Crippen LogP contribution in [-0.4, -0.2) is 34.0 Å². The van der Waals surface area contributed by atoms with Gasteiger partial charge >= 0.3 is 13.3 Å². The van der Waals surface area contributed by atoms with Crippen molar-refractivity contribution in [1.82, 2.24) is 9.97 Å². The fourth-order valence-electron chi connectivity index (χ4n) is 1.96. The molecule has 0 bridgehead atoms. The van der Waals surface area contributed by atoms with Crippen molar-refractivity contribution in [1.29, 1.82) is 0 Å². The minimum Gasteiger partial charge on any atom is -0.400 e. The van der Waals surface area contributed by atoms with Crippen LogP contribution in [0.25, 0.3) is 6.08 Å². The maximum absolute atomic E-state index is 12.5. The third-order valence-corrected chi connectivity index (χ3v) is 4.38. The summed E-state index contributed by atoms with van der Waals surface area (Å²) in [5.41, 5.74) is 0.110. The van der Waals surface area contributed by atoms with E-state index in [1.54, 1.807) is 6.08 Å². The predicted molar refractivity (Wildman–Crippen MR) is 84.9 cm³/mol. The largest absolute Gasteiger partial charge is 0.491 e. The number of hydrogen-bond donors (Lipinski definition) is 1. The van der Waals surface area contributed by atoms with E-state index in [-0.39, 0.29) is 0 Å². The molecule has 0 unspecified atom stereocenters. The molecule has 0 amide bonds. The van der Waals surface area contributed by atoms with Gasteiger partial charge in [-0.25, -0.2) is 9.97 Å². The average Bonchev–Trinajstić information content (AvgIpc) is 2.64. The number of aromatic nitrogens is 2. The number of nitrogens with zero attached hydrogens (tertiary/aromatic N) is 2. The van der Waals surface area contributed by atoms with Gasteiger partial charge in [0, 0.05) is 23.7 Å². The van der Waals surface area contributed by atoms with Gasteiger partial charge in [-0.2, -0.15) is 25.8 Å². The van der Waals surface area contributed by atoms with Gasteiger partial charge in [-0.15, -0.1) is 0 Å². The van der Waals surface area contributed by atoms with Gasteiger partial charge in [0.2, 0.25) is 5.82 Å². The van der Waals surface area contributed by atoms with E-state index in [9.17, 15) is 13.2 Å². The Bertz CT molecular complexity index is 587. The Morgan fingerprint density at radius 2 is 1.65 bits per heavy atom. The van der Waals surface area contributed by atoms with Crippen LogP contribution >= 0.6 is 12.6 Å². The highest BCUT2D eigenvalue weighted by Crippen LogP contribution is 2.39. The molecule has 0 N–H and O–H groups in total. The first-order chi connectivity index (χ1) is 10.5. The molecule has 0 radical (unpaired) electrons. The molecule has 2 heterocycles. The highest BCUT2D eigenvalue weighted by molar-refractivity contribution is 7.80. The van der Waals surface area contributed by atoms with Gasteiger partial charge in [-0.1, -0.05) is 6.08 Å². The molecule has 1 saturated heterocycles. The molecule has 0 aliphatic carbocycles. The van der Waals surface area contributed by atoms with Crippen LogP contribution in [-0.2, 0) is 15.5 Å². The molecule has 4 nitrogen and oxygen atoms in total. The molecule has 1 aliphatic heterocycles. The molecular formula is C14H18BF3N2O2S. The van der Waals surface area contributed by atoms with Gasteiger partial charge in [0.15, 0.2) is 0 Å². The molecule has 0 aromatic carbocycles. The molecule has 0 spiro atoms. The number of hydrogen-bond acceptors (Lipinski definition) is 5. The van der Waals surface area contributed by atoms with E-state index in [1.807, 2.05) is 27.7 Å². The molecule has 9 heteroatoms. The first-order valence-electron chi connectivity index (χ1n) is 7.02. The third-order valence-electron chi connectivity index (χ3n) is 4.02. The smallest absolute Gasteiger partial charge is 0.400 e. The first-order valence-corrected chi connectivity index (χ1v) is 7.66. The van der Waals surface area contributed by atoms with Crippen LogP contribution in [0.2, 0.25) is 0 Å². The Morgan fingerprint density at radius 1 is 1.17 bits per heavy atom. The Balaban J connectivity index is 2.23.